The van der Waals surface area contributed by atoms with Gasteiger partial charge in [0, 0.05) is 33.9 Å². The van der Waals surface area contributed by atoms with Crippen LogP contribution in [0, 0.1) is 0 Å². The van der Waals surface area contributed by atoms with E-state index < -0.39 is 10.0 Å². The fourth-order valence-corrected chi connectivity index (χ4v) is 5.77. The van der Waals surface area contributed by atoms with Gasteiger partial charge in [-0.1, -0.05) is 19.9 Å². The standard InChI is InChI=1S/C27H34N4O3S/c1-5-31(6-2)13-7-8-19-9-11-25-20(14-19)15-21(28-25)16-24-23-17-22(35(33,34)30-18(3)4)10-12-26(23)29-27(24)32/h9-12,14-18,28,30H,5-8,13H2,1-4H3,(H,29,32). The van der Waals surface area contributed by atoms with Gasteiger partial charge in [-0.25, -0.2) is 13.1 Å². The van der Waals surface area contributed by atoms with Crippen LogP contribution in [0.4, 0.5) is 5.69 Å². The maximum Gasteiger partial charge on any atom is 0.256 e. The van der Waals surface area contributed by atoms with Crippen LogP contribution in [0.1, 0.15) is 50.9 Å². The van der Waals surface area contributed by atoms with Crippen LogP contribution >= 0.6 is 0 Å². The third-order valence-corrected chi connectivity index (χ3v) is 7.97. The number of sulfonamides is 1. The van der Waals surface area contributed by atoms with Crippen LogP contribution in [-0.2, 0) is 21.2 Å². The minimum Gasteiger partial charge on any atom is -0.355 e. The van der Waals surface area contributed by atoms with Gasteiger partial charge in [0.05, 0.1) is 10.5 Å². The monoisotopic (exact) mass is 494 g/mol. The normalized spacial score (nSPS) is 14.9. The first-order valence-electron chi connectivity index (χ1n) is 12.2. The molecule has 0 saturated carbocycles. The van der Waals surface area contributed by atoms with Crippen LogP contribution in [0.15, 0.2) is 47.4 Å². The predicted molar refractivity (Wildman–Crippen MR) is 143 cm³/mol. The number of aromatic amines is 1. The summed E-state index contributed by atoms with van der Waals surface area (Å²) in [5.41, 5.74) is 4.72. The van der Waals surface area contributed by atoms with Gasteiger partial charge in [-0.05, 0) is 94.4 Å². The molecule has 186 valence electrons. The van der Waals surface area contributed by atoms with Gasteiger partial charge in [0.1, 0.15) is 0 Å². The molecule has 8 heteroatoms. The molecule has 0 fully saturated rings. The molecule has 0 bridgehead atoms. The van der Waals surface area contributed by atoms with Crippen molar-refractivity contribution in [2.24, 2.45) is 0 Å². The Hall–Kier alpha value is -2.94. The molecule has 0 unspecified atom stereocenters. The van der Waals surface area contributed by atoms with E-state index in [1.54, 1.807) is 32.1 Å². The van der Waals surface area contributed by atoms with E-state index in [4.69, 9.17) is 0 Å². The number of H-pyrrole nitrogens is 1. The van der Waals surface area contributed by atoms with E-state index in [2.05, 4.69) is 52.0 Å². The number of rotatable bonds is 10. The van der Waals surface area contributed by atoms with Gasteiger partial charge in [-0.2, -0.15) is 0 Å². The first-order valence-corrected chi connectivity index (χ1v) is 13.7. The average Bonchev–Trinajstić information content (AvgIpc) is 3.35. The summed E-state index contributed by atoms with van der Waals surface area (Å²) >= 11 is 0. The van der Waals surface area contributed by atoms with Crippen LogP contribution in [0.5, 0.6) is 0 Å². The van der Waals surface area contributed by atoms with Crippen molar-refractivity contribution < 1.29 is 13.2 Å². The Labute approximate surface area is 207 Å². The highest BCUT2D eigenvalue weighted by Gasteiger charge is 2.27. The van der Waals surface area contributed by atoms with Gasteiger partial charge < -0.3 is 15.2 Å². The highest BCUT2D eigenvalue weighted by molar-refractivity contribution is 7.89. The van der Waals surface area contributed by atoms with Crippen LogP contribution < -0.4 is 10.0 Å². The molecule has 1 amide bonds. The van der Waals surface area contributed by atoms with Crippen molar-refractivity contribution in [3.63, 3.8) is 0 Å². The molecule has 2 aromatic carbocycles. The van der Waals surface area contributed by atoms with Gasteiger partial charge in [-0.3, -0.25) is 4.79 Å². The number of fused-ring (bicyclic) bond motifs is 2. The molecular weight excluding hydrogens is 460 g/mol. The number of aryl methyl sites for hydroxylation is 1. The fraction of sp³-hybridized carbons (Fsp3) is 0.370. The molecule has 1 aliphatic heterocycles. The van der Waals surface area contributed by atoms with Crippen LogP contribution in [0.25, 0.3) is 22.6 Å². The number of hydrogen-bond acceptors (Lipinski definition) is 4. The van der Waals surface area contributed by atoms with Gasteiger partial charge in [0.2, 0.25) is 10.0 Å². The summed E-state index contributed by atoms with van der Waals surface area (Å²) in [7, 11) is -3.66. The quantitative estimate of drug-likeness (QED) is 0.359. The van der Waals surface area contributed by atoms with E-state index in [0.717, 1.165) is 49.1 Å². The van der Waals surface area contributed by atoms with Crippen molar-refractivity contribution in [3.05, 3.63) is 59.3 Å². The lowest BCUT2D eigenvalue weighted by molar-refractivity contribution is -0.110. The lowest BCUT2D eigenvalue weighted by Crippen LogP contribution is -2.30. The number of carbonyl (C=O) groups excluding carboxylic acids is 1. The molecule has 0 atom stereocenters. The lowest BCUT2D eigenvalue weighted by Gasteiger charge is -2.17. The molecular formula is C27H34N4O3S. The number of nitrogens with zero attached hydrogens (tertiary/aromatic N) is 1. The second kappa shape index (κ2) is 10.4. The lowest BCUT2D eigenvalue weighted by atomic mass is 10.1. The molecule has 35 heavy (non-hydrogen) atoms. The molecule has 1 aromatic heterocycles. The Morgan fingerprint density at radius 1 is 1.06 bits per heavy atom. The molecule has 0 spiro atoms. The van der Waals surface area contributed by atoms with E-state index in [1.807, 2.05) is 6.07 Å². The van der Waals surface area contributed by atoms with E-state index in [0.29, 0.717) is 16.8 Å². The number of benzene rings is 2. The van der Waals surface area contributed by atoms with Crippen molar-refractivity contribution >= 4 is 44.2 Å². The Kier molecular flexibility index (Phi) is 7.44. The molecule has 3 aromatic rings. The van der Waals surface area contributed by atoms with Crippen molar-refractivity contribution in [2.45, 2.75) is 51.5 Å². The largest absolute Gasteiger partial charge is 0.355 e. The molecule has 3 N–H and O–H groups in total. The molecule has 1 aliphatic rings. The fourth-order valence-electron chi connectivity index (χ4n) is 4.50. The minimum absolute atomic E-state index is 0.137. The van der Waals surface area contributed by atoms with Crippen LogP contribution in [-0.4, -0.2) is 49.9 Å². The van der Waals surface area contributed by atoms with Crippen molar-refractivity contribution in [3.8, 4) is 0 Å². The predicted octanol–water partition coefficient (Wildman–Crippen LogP) is 4.62. The highest BCUT2D eigenvalue weighted by Crippen LogP contribution is 2.35. The average molecular weight is 495 g/mol. The van der Waals surface area contributed by atoms with Crippen molar-refractivity contribution in [1.29, 1.82) is 0 Å². The first kappa shape index (κ1) is 25.2. The summed E-state index contributed by atoms with van der Waals surface area (Å²) in [5, 5.41) is 3.92. The maximum atomic E-state index is 12.7. The number of anilines is 1. The zero-order valence-corrected chi connectivity index (χ0v) is 21.6. The van der Waals surface area contributed by atoms with Gasteiger partial charge in [-0.15, -0.1) is 0 Å². The SMILES string of the molecule is CCN(CC)CCCc1ccc2[nH]c(C=C3C(=O)Nc4ccc(S(=O)(=O)NC(C)C)cc43)cc2c1. The van der Waals surface area contributed by atoms with Crippen molar-refractivity contribution in [1.82, 2.24) is 14.6 Å². The second-order valence-corrected chi connectivity index (χ2v) is 11.0. The first-order chi connectivity index (χ1) is 16.7. The third kappa shape index (κ3) is 5.66. The third-order valence-electron chi connectivity index (χ3n) is 6.32. The van der Waals surface area contributed by atoms with Crippen molar-refractivity contribution in [2.75, 3.05) is 25.0 Å². The second-order valence-electron chi connectivity index (χ2n) is 9.27. The summed E-state index contributed by atoms with van der Waals surface area (Å²) in [6.07, 6.45) is 3.92. The zero-order chi connectivity index (χ0) is 25.2. The van der Waals surface area contributed by atoms with Crippen LogP contribution in [0.2, 0.25) is 0 Å². The Bertz CT molecular complexity index is 1370. The summed E-state index contributed by atoms with van der Waals surface area (Å²) in [6.45, 7) is 11.2. The van der Waals surface area contributed by atoms with E-state index in [9.17, 15) is 13.2 Å². The minimum atomic E-state index is -3.66. The summed E-state index contributed by atoms with van der Waals surface area (Å²) in [4.78, 5) is 18.6. The smallest absolute Gasteiger partial charge is 0.256 e. The topological polar surface area (TPSA) is 94.3 Å². The molecule has 2 heterocycles. The number of nitrogens with one attached hydrogen (secondary N) is 3. The Balaban J connectivity index is 1.59. The molecule has 0 aliphatic carbocycles. The molecule has 0 saturated heterocycles. The Morgan fingerprint density at radius 3 is 2.54 bits per heavy atom. The van der Waals surface area contributed by atoms with E-state index in [-0.39, 0.29) is 16.8 Å². The van der Waals surface area contributed by atoms with Gasteiger partial charge >= 0.3 is 0 Å². The highest BCUT2D eigenvalue weighted by atomic mass is 32.2. The summed E-state index contributed by atoms with van der Waals surface area (Å²) in [5.74, 6) is -0.248. The summed E-state index contributed by atoms with van der Waals surface area (Å²) < 4.78 is 27.9. The molecule has 4 rings (SSSR count). The number of aromatic nitrogens is 1. The molecule has 0 radical (unpaired) electrons. The van der Waals surface area contributed by atoms with E-state index >= 15 is 0 Å². The number of amides is 1. The van der Waals surface area contributed by atoms with Crippen LogP contribution in [0.3, 0.4) is 0 Å². The number of hydrogen-bond donors (Lipinski definition) is 3. The molecule has 7 nitrogen and oxygen atoms in total. The zero-order valence-electron chi connectivity index (χ0n) is 20.8. The Morgan fingerprint density at radius 2 is 1.83 bits per heavy atom. The maximum absolute atomic E-state index is 12.7. The van der Waals surface area contributed by atoms with E-state index in [1.165, 1.54) is 11.6 Å². The van der Waals surface area contributed by atoms with Gasteiger partial charge in [0.25, 0.3) is 5.91 Å². The van der Waals surface area contributed by atoms with Gasteiger partial charge in [0.15, 0.2) is 0 Å². The summed E-state index contributed by atoms with van der Waals surface area (Å²) in [6, 6.07) is 12.9. The number of carbonyl (C=O) groups is 1.